The summed E-state index contributed by atoms with van der Waals surface area (Å²) < 4.78 is 10.6. The van der Waals surface area contributed by atoms with Crippen molar-refractivity contribution in [1.29, 1.82) is 0 Å². The highest BCUT2D eigenvalue weighted by Gasteiger charge is 2.24. The topological polar surface area (TPSA) is 76.2 Å². The molecule has 2 N–H and O–H groups in total. The second kappa shape index (κ2) is 6.81. The maximum atomic E-state index is 12.3. The van der Waals surface area contributed by atoms with Gasteiger partial charge in [0.1, 0.15) is 0 Å². The zero-order chi connectivity index (χ0) is 19.0. The Morgan fingerprint density at radius 1 is 1.04 bits per heavy atom. The molecule has 4 rings (SSSR count). The third-order valence-corrected chi connectivity index (χ3v) is 4.58. The molecule has 0 aliphatic carbocycles. The zero-order valence-corrected chi connectivity index (χ0v) is 15.4. The third-order valence-electron chi connectivity index (χ3n) is 4.34. The Hall–Kier alpha value is -3.25. The van der Waals surface area contributed by atoms with E-state index in [1.165, 1.54) is 0 Å². The van der Waals surface area contributed by atoms with Gasteiger partial charge in [0.25, 0.3) is 5.91 Å². The van der Waals surface area contributed by atoms with Crippen molar-refractivity contribution in [3.63, 3.8) is 0 Å². The fraction of sp³-hybridized carbons (Fsp3) is 0.100. The van der Waals surface area contributed by atoms with E-state index in [-0.39, 0.29) is 5.91 Å². The minimum atomic E-state index is -0.172. The normalized spacial score (nSPS) is 14.2. The number of carbonyl (C=O) groups excluding carboxylic acids is 1. The monoisotopic (exact) mass is 381 g/mol. The fourth-order valence-electron chi connectivity index (χ4n) is 3.01. The van der Waals surface area contributed by atoms with Crippen LogP contribution in [-0.4, -0.2) is 30.3 Å². The lowest BCUT2D eigenvalue weighted by Crippen LogP contribution is -2.03. The van der Waals surface area contributed by atoms with Gasteiger partial charge in [0.05, 0.1) is 31.2 Å². The Morgan fingerprint density at radius 2 is 1.85 bits per heavy atom. The van der Waals surface area contributed by atoms with E-state index in [4.69, 9.17) is 21.1 Å². The van der Waals surface area contributed by atoms with Crippen molar-refractivity contribution >= 4 is 34.8 Å². The van der Waals surface area contributed by atoms with Crippen LogP contribution in [-0.2, 0) is 4.79 Å². The van der Waals surface area contributed by atoms with Crippen LogP contribution in [0.1, 0.15) is 11.3 Å². The van der Waals surface area contributed by atoms with Gasteiger partial charge >= 0.3 is 0 Å². The summed E-state index contributed by atoms with van der Waals surface area (Å²) in [7, 11) is 3.18. The molecule has 0 saturated carbocycles. The van der Waals surface area contributed by atoms with E-state index in [0.717, 1.165) is 22.5 Å². The molecule has 1 amide bonds. The van der Waals surface area contributed by atoms with Crippen LogP contribution < -0.4 is 14.8 Å². The SMILES string of the molecule is COc1ccc(-c2cc(/C=C3\C(=O)Nc4ccc(Cl)cc43)[nH]n2)cc1OC. The van der Waals surface area contributed by atoms with Gasteiger partial charge in [0.15, 0.2) is 11.5 Å². The number of rotatable bonds is 4. The second-order valence-corrected chi connectivity index (χ2v) is 6.42. The van der Waals surface area contributed by atoms with Gasteiger partial charge in [-0.2, -0.15) is 5.10 Å². The quantitative estimate of drug-likeness (QED) is 0.663. The Balaban J connectivity index is 1.69. The van der Waals surface area contributed by atoms with E-state index in [1.54, 1.807) is 38.5 Å². The molecule has 0 fully saturated rings. The number of H-pyrrole nitrogens is 1. The Labute approximate surface area is 160 Å². The summed E-state index contributed by atoms with van der Waals surface area (Å²) in [4.78, 5) is 12.3. The van der Waals surface area contributed by atoms with Crippen LogP contribution in [0, 0.1) is 0 Å². The molecule has 0 bridgehead atoms. The first-order valence-corrected chi connectivity index (χ1v) is 8.57. The van der Waals surface area contributed by atoms with Gasteiger partial charge in [0, 0.05) is 21.8 Å². The number of hydrogen-bond donors (Lipinski definition) is 2. The van der Waals surface area contributed by atoms with Gasteiger partial charge in [-0.25, -0.2) is 0 Å². The van der Waals surface area contributed by atoms with Crippen LogP contribution >= 0.6 is 11.6 Å². The smallest absolute Gasteiger partial charge is 0.256 e. The van der Waals surface area contributed by atoms with Crippen LogP contribution in [0.25, 0.3) is 22.9 Å². The number of nitrogens with one attached hydrogen (secondary N) is 2. The average molecular weight is 382 g/mol. The number of methoxy groups -OCH3 is 2. The van der Waals surface area contributed by atoms with Crippen molar-refractivity contribution in [3.8, 4) is 22.8 Å². The molecule has 2 heterocycles. The molecule has 0 saturated heterocycles. The molecule has 1 aliphatic rings. The van der Waals surface area contributed by atoms with Gasteiger partial charge in [-0.15, -0.1) is 0 Å². The molecule has 1 aliphatic heterocycles. The summed E-state index contributed by atoms with van der Waals surface area (Å²) in [6.07, 6.45) is 1.76. The van der Waals surface area contributed by atoms with Crippen LogP contribution in [0.5, 0.6) is 11.5 Å². The molecule has 136 valence electrons. The molecule has 3 aromatic rings. The first kappa shape index (κ1) is 17.2. The summed E-state index contributed by atoms with van der Waals surface area (Å²) in [6, 6.07) is 12.7. The Morgan fingerprint density at radius 3 is 2.63 bits per heavy atom. The number of anilines is 1. The number of fused-ring (bicyclic) bond motifs is 1. The number of hydrogen-bond acceptors (Lipinski definition) is 4. The highest BCUT2D eigenvalue weighted by Crippen LogP contribution is 2.35. The van der Waals surface area contributed by atoms with E-state index in [2.05, 4.69) is 15.5 Å². The highest BCUT2D eigenvalue weighted by molar-refractivity contribution is 6.36. The molecule has 0 spiro atoms. The lowest BCUT2D eigenvalue weighted by atomic mass is 10.1. The van der Waals surface area contributed by atoms with Crippen molar-refractivity contribution in [2.75, 3.05) is 19.5 Å². The third kappa shape index (κ3) is 3.15. The second-order valence-electron chi connectivity index (χ2n) is 5.98. The number of aromatic nitrogens is 2. The van der Waals surface area contributed by atoms with E-state index in [1.807, 2.05) is 24.3 Å². The summed E-state index contributed by atoms with van der Waals surface area (Å²) in [5.41, 5.74) is 4.36. The van der Waals surface area contributed by atoms with Gasteiger partial charge < -0.3 is 14.8 Å². The van der Waals surface area contributed by atoms with E-state index >= 15 is 0 Å². The summed E-state index contributed by atoms with van der Waals surface area (Å²) in [5, 5.41) is 10.7. The van der Waals surface area contributed by atoms with Gasteiger partial charge in [-0.3, -0.25) is 9.89 Å². The molecule has 7 heteroatoms. The van der Waals surface area contributed by atoms with Gasteiger partial charge in [-0.1, -0.05) is 11.6 Å². The van der Waals surface area contributed by atoms with Crippen molar-refractivity contribution in [2.24, 2.45) is 0 Å². The Bertz CT molecular complexity index is 1070. The number of amides is 1. The lowest BCUT2D eigenvalue weighted by molar-refractivity contribution is -0.110. The molecule has 0 atom stereocenters. The predicted octanol–water partition coefficient (Wildman–Crippen LogP) is 4.24. The predicted molar refractivity (Wildman–Crippen MR) is 105 cm³/mol. The first-order valence-electron chi connectivity index (χ1n) is 8.20. The molecule has 1 aromatic heterocycles. The number of nitrogens with zero attached hydrogens (tertiary/aromatic N) is 1. The van der Waals surface area contributed by atoms with E-state index < -0.39 is 0 Å². The number of aromatic amines is 1. The zero-order valence-electron chi connectivity index (χ0n) is 14.7. The minimum Gasteiger partial charge on any atom is -0.493 e. The van der Waals surface area contributed by atoms with Crippen LogP contribution in [0.2, 0.25) is 5.02 Å². The molecule has 0 radical (unpaired) electrons. The summed E-state index contributed by atoms with van der Waals surface area (Å²) >= 11 is 6.07. The van der Waals surface area contributed by atoms with Crippen LogP contribution in [0.15, 0.2) is 42.5 Å². The molecular formula is C20H16ClN3O3. The molecular weight excluding hydrogens is 366 g/mol. The molecule has 27 heavy (non-hydrogen) atoms. The standard InChI is InChI=1S/C20H16ClN3O3/c1-26-18-6-3-11(7-19(18)27-2)17-10-13(23-24-17)9-15-14-8-12(21)4-5-16(14)22-20(15)25/h3-10H,1-2H3,(H,22,25)(H,23,24)/b15-9-. The van der Waals surface area contributed by atoms with Gasteiger partial charge in [-0.05, 0) is 48.5 Å². The first-order chi connectivity index (χ1) is 13.1. The molecule has 0 unspecified atom stereocenters. The highest BCUT2D eigenvalue weighted by atomic mass is 35.5. The molecule has 6 nitrogen and oxygen atoms in total. The van der Waals surface area contributed by atoms with Crippen LogP contribution in [0.3, 0.4) is 0 Å². The van der Waals surface area contributed by atoms with Crippen molar-refractivity contribution in [1.82, 2.24) is 10.2 Å². The summed E-state index contributed by atoms with van der Waals surface area (Å²) in [5.74, 6) is 1.10. The minimum absolute atomic E-state index is 0.172. The van der Waals surface area contributed by atoms with Gasteiger partial charge in [0.2, 0.25) is 0 Å². The van der Waals surface area contributed by atoms with Crippen molar-refractivity contribution in [3.05, 3.63) is 58.7 Å². The fourth-order valence-corrected chi connectivity index (χ4v) is 3.19. The van der Waals surface area contributed by atoms with E-state index in [9.17, 15) is 4.79 Å². The van der Waals surface area contributed by atoms with E-state index in [0.29, 0.717) is 27.8 Å². The molecule has 2 aromatic carbocycles. The number of halogens is 1. The lowest BCUT2D eigenvalue weighted by Gasteiger charge is -2.08. The van der Waals surface area contributed by atoms with Crippen LogP contribution in [0.4, 0.5) is 5.69 Å². The number of carbonyl (C=O) groups is 1. The maximum absolute atomic E-state index is 12.3. The average Bonchev–Trinajstić information content (AvgIpc) is 3.26. The van der Waals surface area contributed by atoms with Crippen molar-refractivity contribution in [2.45, 2.75) is 0 Å². The van der Waals surface area contributed by atoms with Crippen molar-refractivity contribution < 1.29 is 14.3 Å². The number of ether oxygens (including phenoxy) is 2. The number of benzene rings is 2. The Kier molecular flexibility index (Phi) is 4.33. The largest absolute Gasteiger partial charge is 0.493 e. The summed E-state index contributed by atoms with van der Waals surface area (Å²) in [6.45, 7) is 0. The maximum Gasteiger partial charge on any atom is 0.256 e.